The Bertz CT molecular complexity index is 650. The molecular weight excluding hydrogens is 372 g/mol. The van der Waals surface area contributed by atoms with Gasteiger partial charge in [0.2, 0.25) is 11.8 Å². The van der Waals surface area contributed by atoms with Crippen LogP contribution in [-0.4, -0.2) is 43.1 Å². The van der Waals surface area contributed by atoms with Gasteiger partial charge < -0.3 is 14.8 Å². The normalized spacial score (nSPS) is 18.1. The molecule has 0 aliphatic heterocycles. The van der Waals surface area contributed by atoms with Gasteiger partial charge in [-0.05, 0) is 44.6 Å². The molecule has 1 aromatic rings. The van der Waals surface area contributed by atoms with Crippen LogP contribution in [0, 0.1) is 11.8 Å². The first kappa shape index (κ1) is 23.1. The smallest absolute Gasteiger partial charge is 0.246 e. The molecule has 0 saturated heterocycles. The molecule has 2 rings (SSSR count). The van der Waals surface area contributed by atoms with E-state index in [2.05, 4.69) is 11.4 Å². The molecule has 3 atom stereocenters. The number of nitrogens with one attached hydrogen (secondary N) is 2. The van der Waals surface area contributed by atoms with Crippen molar-refractivity contribution in [3.8, 4) is 0 Å². The molecule has 7 nitrogen and oxygen atoms in total. The number of allylic oxidation sites excluding steroid dienone is 2. The lowest BCUT2D eigenvalue weighted by Crippen LogP contribution is -2.45. The molecule has 0 saturated carbocycles. The van der Waals surface area contributed by atoms with E-state index in [4.69, 9.17) is 9.47 Å². The highest BCUT2D eigenvalue weighted by atomic mass is 16.7. The second kappa shape index (κ2) is 13.1. The number of benzene rings is 1. The van der Waals surface area contributed by atoms with E-state index >= 15 is 0 Å². The maximum atomic E-state index is 12.7. The maximum Gasteiger partial charge on any atom is 0.246 e. The van der Waals surface area contributed by atoms with Gasteiger partial charge in [-0.1, -0.05) is 42.5 Å². The van der Waals surface area contributed by atoms with Crippen LogP contribution in [0.1, 0.15) is 38.2 Å². The molecule has 3 N–H and O–H groups in total. The highest BCUT2D eigenvalue weighted by Crippen LogP contribution is 2.20. The molecule has 0 spiro atoms. The lowest BCUT2D eigenvalue weighted by atomic mass is 9.90. The minimum absolute atomic E-state index is 0.0257. The fourth-order valence-electron chi connectivity index (χ4n) is 3.47. The van der Waals surface area contributed by atoms with Crippen molar-refractivity contribution in [3.05, 3.63) is 48.0 Å². The molecule has 1 aliphatic rings. The number of carbonyl (C=O) groups excluding carboxylic acids is 2. The van der Waals surface area contributed by atoms with E-state index in [1.54, 1.807) is 5.48 Å². The Balaban J connectivity index is 2.03. The van der Waals surface area contributed by atoms with Crippen molar-refractivity contribution >= 4 is 11.8 Å². The molecule has 0 fully saturated rings. The van der Waals surface area contributed by atoms with E-state index < -0.39 is 11.8 Å². The Labute approximate surface area is 172 Å². The first-order valence-electron chi connectivity index (χ1n) is 10.2. The van der Waals surface area contributed by atoms with Gasteiger partial charge in [0.1, 0.15) is 6.79 Å². The molecule has 0 bridgehead atoms. The largest absolute Gasteiger partial charge is 0.356 e. The maximum absolute atomic E-state index is 12.7. The summed E-state index contributed by atoms with van der Waals surface area (Å²) >= 11 is 0. The van der Waals surface area contributed by atoms with E-state index in [1.165, 1.54) is 0 Å². The predicted octanol–water partition coefficient (Wildman–Crippen LogP) is 2.59. The Hall–Kier alpha value is -2.22. The van der Waals surface area contributed by atoms with Crippen molar-refractivity contribution in [3.63, 3.8) is 0 Å². The third-order valence-electron chi connectivity index (χ3n) is 5.05. The molecule has 29 heavy (non-hydrogen) atoms. The SMILES string of the molecule is CCOCOCC(CC(Cc1ccccc1)C(=O)NO)NC(=O)C1CC=CCC1. The number of hydrogen-bond donors (Lipinski definition) is 3. The highest BCUT2D eigenvalue weighted by Gasteiger charge is 2.27. The minimum Gasteiger partial charge on any atom is -0.356 e. The molecule has 1 aromatic carbocycles. The minimum atomic E-state index is -0.505. The Kier molecular flexibility index (Phi) is 10.4. The van der Waals surface area contributed by atoms with Gasteiger partial charge in [-0.25, -0.2) is 5.48 Å². The van der Waals surface area contributed by atoms with E-state index in [-0.39, 0.29) is 31.3 Å². The first-order valence-corrected chi connectivity index (χ1v) is 10.2. The van der Waals surface area contributed by atoms with E-state index in [0.29, 0.717) is 19.4 Å². The first-order chi connectivity index (χ1) is 14.1. The van der Waals surface area contributed by atoms with Gasteiger partial charge in [0.15, 0.2) is 0 Å². The molecule has 1 aliphatic carbocycles. The second-order valence-electron chi connectivity index (χ2n) is 7.27. The van der Waals surface area contributed by atoms with Crippen LogP contribution < -0.4 is 10.8 Å². The quantitative estimate of drug-likeness (QED) is 0.164. The average molecular weight is 405 g/mol. The van der Waals surface area contributed by atoms with E-state index in [1.807, 2.05) is 43.3 Å². The predicted molar refractivity (Wildman–Crippen MR) is 109 cm³/mol. The van der Waals surface area contributed by atoms with Gasteiger partial charge in [0.25, 0.3) is 0 Å². The Morgan fingerprint density at radius 2 is 2.00 bits per heavy atom. The van der Waals surface area contributed by atoms with Crippen molar-refractivity contribution in [2.75, 3.05) is 20.0 Å². The van der Waals surface area contributed by atoms with Crippen LogP contribution in [0.15, 0.2) is 42.5 Å². The van der Waals surface area contributed by atoms with Crippen molar-refractivity contribution < 1.29 is 24.3 Å². The number of hydrogen-bond acceptors (Lipinski definition) is 5. The third kappa shape index (κ3) is 8.35. The zero-order chi connectivity index (χ0) is 20.9. The van der Waals surface area contributed by atoms with Gasteiger partial charge in [-0.3, -0.25) is 14.8 Å². The molecular formula is C22H32N2O5. The van der Waals surface area contributed by atoms with Gasteiger partial charge in [-0.15, -0.1) is 0 Å². The van der Waals surface area contributed by atoms with Crippen molar-refractivity contribution in [2.45, 2.75) is 45.1 Å². The van der Waals surface area contributed by atoms with Gasteiger partial charge in [0, 0.05) is 18.4 Å². The second-order valence-corrected chi connectivity index (χ2v) is 7.27. The molecule has 160 valence electrons. The summed E-state index contributed by atoms with van der Waals surface area (Å²) in [5.41, 5.74) is 2.74. The monoisotopic (exact) mass is 404 g/mol. The number of hydroxylamine groups is 1. The number of carbonyl (C=O) groups is 2. The molecule has 0 heterocycles. The van der Waals surface area contributed by atoms with Crippen LogP contribution >= 0.6 is 0 Å². The summed E-state index contributed by atoms with van der Waals surface area (Å²) in [6, 6.07) is 9.23. The van der Waals surface area contributed by atoms with Crippen LogP contribution in [-0.2, 0) is 25.5 Å². The average Bonchev–Trinajstić information content (AvgIpc) is 2.76. The van der Waals surface area contributed by atoms with Crippen LogP contribution in [0.2, 0.25) is 0 Å². The Morgan fingerprint density at radius 1 is 1.21 bits per heavy atom. The summed E-state index contributed by atoms with van der Waals surface area (Å²) in [6.45, 7) is 2.78. The fourth-order valence-corrected chi connectivity index (χ4v) is 3.47. The number of amides is 2. The lowest BCUT2D eigenvalue weighted by molar-refractivity contribution is -0.135. The molecule has 0 radical (unpaired) electrons. The molecule has 0 aromatic heterocycles. The summed E-state index contributed by atoms with van der Waals surface area (Å²) in [6.07, 6.45) is 7.37. The standard InChI is InChI=1S/C22H32N2O5/c1-2-28-16-29-15-20(23-21(25)18-11-7-4-8-12-18)14-19(22(26)24-27)13-17-9-5-3-6-10-17/h3-7,9-10,18-20,27H,2,8,11-16H2,1H3,(H,23,25)(H,24,26). The van der Waals surface area contributed by atoms with Crippen LogP contribution in [0.25, 0.3) is 0 Å². The van der Waals surface area contributed by atoms with E-state index in [9.17, 15) is 14.8 Å². The highest BCUT2D eigenvalue weighted by molar-refractivity contribution is 5.80. The summed E-state index contributed by atoms with van der Waals surface area (Å²) in [5, 5.41) is 12.2. The lowest BCUT2D eigenvalue weighted by Gasteiger charge is -2.26. The molecule has 7 heteroatoms. The fraction of sp³-hybridized carbons (Fsp3) is 0.545. The summed E-state index contributed by atoms with van der Waals surface area (Å²) in [4.78, 5) is 25.0. The van der Waals surface area contributed by atoms with Crippen molar-refractivity contribution in [1.29, 1.82) is 0 Å². The number of ether oxygens (including phenoxy) is 2. The van der Waals surface area contributed by atoms with Crippen molar-refractivity contribution in [2.24, 2.45) is 11.8 Å². The number of rotatable bonds is 12. The van der Waals surface area contributed by atoms with Crippen LogP contribution in [0.5, 0.6) is 0 Å². The zero-order valence-electron chi connectivity index (χ0n) is 17.0. The molecule has 3 unspecified atom stereocenters. The zero-order valence-corrected chi connectivity index (χ0v) is 17.0. The third-order valence-corrected chi connectivity index (χ3v) is 5.05. The summed E-state index contributed by atoms with van der Waals surface area (Å²) in [7, 11) is 0. The van der Waals surface area contributed by atoms with Gasteiger partial charge in [0.05, 0.1) is 12.6 Å². The topological polar surface area (TPSA) is 96.9 Å². The summed E-state index contributed by atoms with van der Waals surface area (Å²) in [5.74, 6) is -1.07. The van der Waals surface area contributed by atoms with Gasteiger partial charge in [-0.2, -0.15) is 0 Å². The Morgan fingerprint density at radius 3 is 2.66 bits per heavy atom. The van der Waals surface area contributed by atoms with Gasteiger partial charge >= 0.3 is 0 Å². The van der Waals surface area contributed by atoms with Crippen LogP contribution in [0.3, 0.4) is 0 Å². The van der Waals surface area contributed by atoms with Crippen molar-refractivity contribution in [1.82, 2.24) is 10.8 Å². The van der Waals surface area contributed by atoms with Crippen LogP contribution in [0.4, 0.5) is 0 Å². The molecule has 2 amide bonds. The summed E-state index contributed by atoms with van der Waals surface area (Å²) < 4.78 is 10.8. The van der Waals surface area contributed by atoms with E-state index in [0.717, 1.165) is 24.8 Å².